The molecule has 26 heavy (non-hydrogen) atoms. The van der Waals surface area contributed by atoms with Gasteiger partial charge in [0.05, 0.1) is 5.56 Å². The highest BCUT2D eigenvalue weighted by Crippen LogP contribution is 2.38. The van der Waals surface area contributed by atoms with Gasteiger partial charge in [-0.2, -0.15) is 4.89 Å². The van der Waals surface area contributed by atoms with Crippen molar-refractivity contribution in [3.05, 3.63) is 60.2 Å². The Kier molecular flexibility index (Phi) is 5.77. The molecule has 0 atom stereocenters. The highest BCUT2D eigenvalue weighted by Gasteiger charge is 2.31. The molecule has 1 fully saturated rings. The summed E-state index contributed by atoms with van der Waals surface area (Å²) in [7, 11) is 0. The second-order valence-electron chi connectivity index (χ2n) is 8.25. The zero-order valence-corrected chi connectivity index (χ0v) is 15.9. The maximum absolute atomic E-state index is 12.2. The highest BCUT2D eigenvalue weighted by atomic mass is 17.2. The number of hydrogen-bond donors (Lipinski definition) is 0. The van der Waals surface area contributed by atoms with Crippen LogP contribution < -0.4 is 0 Å². The van der Waals surface area contributed by atoms with E-state index in [1.165, 1.54) is 0 Å². The molecular formula is C23H28O3. The van der Waals surface area contributed by atoms with Gasteiger partial charge in [0.2, 0.25) is 0 Å². The summed E-state index contributed by atoms with van der Waals surface area (Å²) in [5, 5.41) is 0. The van der Waals surface area contributed by atoms with Gasteiger partial charge < -0.3 is 0 Å². The first-order valence-electron chi connectivity index (χ1n) is 9.46. The number of rotatable bonds is 4. The molecule has 3 nitrogen and oxygen atoms in total. The van der Waals surface area contributed by atoms with Gasteiger partial charge >= 0.3 is 5.97 Å². The van der Waals surface area contributed by atoms with Crippen LogP contribution in [-0.2, 0) is 9.78 Å². The molecule has 0 aliphatic heterocycles. The summed E-state index contributed by atoms with van der Waals surface area (Å²) in [6, 6.07) is 17.5. The zero-order valence-electron chi connectivity index (χ0n) is 15.9. The van der Waals surface area contributed by atoms with Gasteiger partial charge in [0.25, 0.3) is 0 Å². The Morgan fingerprint density at radius 2 is 1.42 bits per heavy atom. The summed E-state index contributed by atoms with van der Waals surface area (Å²) < 4.78 is 0. The molecule has 2 aromatic carbocycles. The van der Waals surface area contributed by atoms with Gasteiger partial charge in [0, 0.05) is 0 Å². The molecule has 0 radical (unpaired) electrons. The van der Waals surface area contributed by atoms with E-state index in [-0.39, 0.29) is 6.10 Å². The van der Waals surface area contributed by atoms with E-state index >= 15 is 0 Å². The van der Waals surface area contributed by atoms with Crippen molar-refractivity contribution in [1.82, 2.24) is 0 Å². The van der Waals surface area contributed by atoms with Crippen molar-refractivity contribution in [2.75, 3.05) is 0 Å². The molecular weight excluding hydrogens is 324 g/mol. The highest BCUT2D eigenvalue weighted by molar-refractivity contribution is 5.89. The van der Waals surface area contributed by atoms with Gasteiger partial charge in [0.15, 0.2) is 0 Å². The van der Waals surface area contributed by atoms with Crippen LogP contribution in [0.1, 0.15) is 56.8 Å². The minimum atomic E-state index is -0.428. The van der Waals surface area contributed by atoms with E-state index in [0.717, 1.165) is 36.8 Å². The van der Waals surface area contributed by atoms with E-state index in [0.29, 0.717) is 16.9 Å². The van der Waals surface area contributed by atoms with Crippen LogP contribution >= 0.6 is 0 Å². The van der Waals surface area contributed by atoms with Gasteiger partial charge in [-0.3, -0.25) is 4.89 Å². The Morgan fingerprint density at radius 3 is 2.00 bits per heavy atom. The zero-order chi connectivity index (χ0) is 18.6. The SMILES string of the molecule is CC(C)(C)C1CCC(OOC(=O)c2ccc(-c3ccccc3)cc2)CC1. The predicted molar refractivity (Wildman–Crippen MR) is 104 cm³/mol. The van der Waals surface area contributed by atoms with Gasteiger partial charge in [0.1, 0.15) is 6.10 Å². The lowest BCUT2D eigenvalue weighted by molar-refractivity contribution is -0.281. The van der Waals surface area contributed by atoms with Crippen LogP contribution in [0.25, 0.3) is 11.1 Å². The largest absolute Gasteiger partial charge is 0.373 e. The van der Waals surface area contributed by atoms with Crippen molar-refractivity contribution >= 4 is 5.97 Å². The fourth-order valence-electron chi connectivity index (χ4n) is 3.61. The molecule has 0 saturated heterocycles. The number of benzene rings is 2. The molecule has 138 valence electrons. The number of hydrogen-bond acceptors (Lipinski definition) is 3. The number of carbonyl (C=O) groups is 1. The monoisotopic (exact) mass is 352 g/mol. The lowest BCUT2D eigenvalue weighted by Crippen LogP contribution is -2.29. The normalized spacial score (nSPS) is 20.6. The Morgan fingerprint density at radius 1 is 0.846 bits per heavy atom. The molecule has 1 aliphatic carbocycles. The van der Waals surface area contributed by atoms with Crippen LogP contribution in [0.5, 0.6) is 0 Å². The molecule has 0 N–H and O–H groups in total. The molecule has 2 aromatic rings. The third kappa shape index (κ3) is 4.73. The quantitative estimate of drug-likeness (QED) is 0.496. The van der Waals surface area contributed by atoms with E-state index < -0.39 is 5.97 Å². The van der Waals surface area contributed by atoms with Crippen LogP contribution in [0.4, 0.5) is 0 Å². The summed E-state index contributed by atoms with van der Waals surface area (Å²) in [5.74, 6) is 0.283. The summed E-state index contributed by atoms with van der Waals surface area (Å²) in [6.45, 7) is 6.87. The second kappa shape index (κ2) is 8.05. The van der Waals surface area contributed by atoms with Crippen molar-refractivity contribution in [2.45, 2.75) is 52.6 Å². The molecule has 1 saturated carbocycles. The standard InChI is InChI=1S/C23H28O3/c1-23(2,3)20-13-15-21(16-14-20)25-26-22(24)19-11-9-18(10-12-19)17-7-5-4-6-8-17/h4-12,20-21H,13-16H2,1-3H3. The third-order valence-corrected chi connectivity index (χ3v) is 5.39. The van der Waals surface area contributed by atoms with E-state index in [1.54, 1.807) is 12.1 Å². The van der Waals surface area contributed by atoms with E-state index in [1.807, 2.05) is 42.5 Å². The molecule has 0 heterocycles. The Balaban J connectivity index is 1.50. The molecule has 0 spiro atoms. The van der Waals surface area contributed by atoms with Gasteiger partial charge in [-0.25, -0.2) is 4.79 Å². The van der Waals surface area contributed by atoms with Gasteiger partial charge in [-0.15, -0.1) is 0 Å². The molecule has 0 amide bonds. The van der Waals surface area contributed by atoms with Crippen LogP contribution in [0.3, 0.4) is 0 Å². The first kappa shape index (κ1) is 18.7. The minimum absolute atomic E-state index is 0.0149. The summed E-state index contributed by atoms with van der Waals surface area (Å²) in [4.78, 5) is 22.7. The second-order valence-corrected chi connectivity index (χ2v) is 8.25. The maximum Gasteiger partial charge on any atom is 0.373 e. The van der Waals surface area contributed by atoms with Crippen LogP contribution in [0.2, 0.25) is 0 Å². The molecule has 0 bridgehead atoms. The number of carbonyl (C=O) groups excluding carboxylic acids is 1. The van der Waals surface area contributed by atoms with E-state index in [9.17, 15) is 4.79 Å². The fourth-order valence-corrected chi connectivity index (χ4v) is 3.61. The first-order valence-corrected chi connectivity index (χ1v) is 9.46. The topological polar surface area (TPSA) is 35.5 Å². The summed E-state index contributed by atoms with van der Waals surface area (Å²) >= 11 is 0. The first-order chi connectivity index (χ1) is 12.4. The lowest BCUT2D eigenvalue weighted by atomic mass is 9.72. The third-order valence-electron chi connectivity index (χ3n) is 5.39. The molecule has 0 aromatic heterocycles. The van der Waals surface area contributed by atoms with E-state index in [4.69, 9.17) is 9.78 Å². The van der Waals surface area contributed by atoms with Crippen molar-refractivity contribution in [3.8, 4) is 11.1 Å². The van der Waals surface area contributed by atoms with Crippen molar-refractivity contribution < 1.29 is 14.6 Å². The van der Waals surface area contributed by atoms with Gasteiger partial charge in [-0.1, -0.05) is 63.2 Å². The minimum Gasteiger partial charge on any atom is -0.293 e. The average molecular weight is 352 g/mol. The van der Waals surface area contributed by atoms with Crippen LogP contribution in [-0.4, -0.2) is 12.1 Å². The predicted octanol–water partition coefficient (Wildman–Crippen LogP) is 6.05. The van der Waals surface area contributed by atoms with Gasteiger partial charge in [-0.05, 0) is 60.3 Å². The Hall–Kier alpha value is -2.13. The molecule has 3 heteroatoms. The lowest BCUT2D eigenvalue weighted by Gasteiger charge is -2.36. The molecule has 3 rings (SSSR count). The fraction of sp³-hybridized carbons (Fsp3) is 0.435. The van der Waals surface area contributed by atoms with Crippen LogP contribution in [0.15, 0.2) is 54.6 Å². The Bertz CT molecular complexity index is 705. The Labute approximate surface area is 156 Å². The summed E-state index contributed by atoms with van der Waals surface area (Å²) in [5.41, 5.74) is 3.04. The van der Waals surface area contributed by atoms with Crippen molar-refractivity contribution in [3.63, 3.8) is 0 Å². The summed E-state index contributed by atoms with van der Waals surface area (Å²) in [6.07, 6.45) is 4.15. The average Bonchev–Trinajstić information content (AvgIpc) is 2.66. The van der Waals surface area contributed by atoms with Crippen LogP contribution in [0, 0.1) is 11.3 Å². The van der Waals surface area contributed by atoms with E-state index in [2.05, 4.69) is 20.8 Å². The maximum atomic E-state index is 12.2. The molecule has 0 unspecified atom stereocenters. The molecule has 1 aliphatic rings. The van der Waals surface area contributed by atoms with Crippen molar-refractivity contribution in [2.24, 2.45) is 11.3 Å². The van der Waals surface area contributed by atoms with Crippen molar-refractivity contribution in [1.29, 1.82) is 0 Å². The smallest absolute Gasteiger partial charge is 0.293 e.